The van der Waals surface area contributed by atoms with Crippen LogP contribution in [0, 0.1) is 0 Å². The summed E-state index contributed by atoms with van der Waals surface area (Å²) in [5, 5.41) is 16.1. The van der Waals surface area contributed by atoms with Gasteiger partial charge in [0.2, 0.25) is 0 Å². The summed E-state index contributed by atoms with van der Waals surface area (Å²) in [6.07, 6.45) is -6.37. The number of carbonyl (C=O) groups is 1. The summed E-state index contributed by atoms with van der Waals surface area (Å²) in [5.41, 5.74) is -1.53. The van der Waals surface area contributed by atoms with E-state index in [0.29, 0.717) is 24.3 Å². The summed E-state index contributed by atoms with van der Waals surface area (Å²) < 4.78 is 86.6. The highest BCUT2D eigenvalue weighted by Crippen LogP contribution is 2.51. The van der Waals surface area contributed by atoms with Gasteiger partial charge in [-0.25, -0.2) is 0 Å². The summed E-state index contributed by atoms with van der Waals surface area (Å²) in [6, 6.07) is 1.79. The van der Waals surface area contributed by atoms with Crippen LogP contribution in [0.5, 0.6) is 5.75 Å². The summed E-state index contributed by atoms with van der Waals surface area (Å²) in [5.74, 6) is -12.9. The van der Waals surface area contributed by atoms with Crippen molar-refractivity contribution in [3.8, 4) is 5.75 Å². The normalized spacial score (nSPS) is 12.4. The molecule has 0 fully saturated rings. The van der Waals surface area contributed by atoms with Crippen LogP contribution in [-0.4, -0.2) is 28.3 Å². The minimum Gasteiger partial charge on any atom is -0.508 e. The largest absolute Gasteiger partial charge is 0.508 e. The molecule has 0 amide bonds. The maximum atomic E-state index is 13.0. The number of benzene rings is 1. The molecule has 120 valence electrons. The van der Waals surface area contributed by atoms with E-state index in [2.05, 4.69) is 0 Å². The van der Waals surface area contributed by atoms with Gasteiger partial charge < -0.3 is 10.2 Å². The molecule has 0 aliphatic rings. The molecule has 0 aliphatic carbocycles. The second-order valence-corrected chi connectivity index (χ2v) is 3.71. The van der Waals surface area contributed by atoms with Crippen LogP contribution in [0.4, 0.5) is 30.7 Å². The van der Waals surface area contributed by atoms with Crippen molar-refractivity contribution in [3.63, 3.8) is 0 Å². The van der Waals surface area contributed by atoms with E-state index in [4.69, 9.17) is 15.0 Å². The number of carboxylic acid groups (broad SMARTS) is 1. The van der Waals surface area contributed by atoms with Crippen LogP contribution in [0.3, 0.4) is 0 Å². The first kappa shape index (κ1) is 19.0. The number of aromatic hydroxyl groups is 1. The first-order valence-electron chi connectivity index (χ1n) is 5.05. The molecule has 3 nitrogen and oxygen atoms in total. The Labute approximate surface area is 113 Å². The van der Waals surface area contributed by atoms with Crippen LogP contribution in [0.15, 0.2) is 24.3 Å². The summed E-state index contributed by atoms with van der Waals surface area (Å²) >= 11 is 0. The molecule has 1 aromatic carbocycles. The summed E-state index contributed by atoms with van der Waals surface area (Å²) in [4.78, 5) is 9.00. The number of hydrogen-bond donors (Lipinski definition) is 2. The molecule has 10 heteroatoms. The molecule has 0 radical (unpaired) electrons. The van der Waals surface area contributed by atoms with Crippen molar-refractivity contribution in [3.05, 3.63) is 29.8 Å². The van der Waals surface area contributed by atoms with Crippen LogP contribution < -0.4 is 0 Å². The second-order valence-electron chi connectivity index (χ2n) is 3.71. The van der Waals surface area contributed by atoms with Gasteiger partial charge in [0.1, 0.15) is 5.75 Å². The van der Waals surface area contributed by atoms with E-state index in [-0.39, 0.29) is 0 Å². The summed E-state index contributed by atoms with van der Waals surface area (Å²) in [6.45, 7) is 1.08. The summed E-state index contributed by atoms with van der Waals surface area (Å²) in [7, 11) is 0. The molecule has 0 saturated heterocycles. The fourth-order valence-electron chi connectivity index (χ4n) is 1.03. The van der Waals surface area contributed by atoms with Gasteiger partial charge in [0.15, 0.2) is 0 Å². The van der Waals surface area contributed by atoms with Gasteiger partial charge in [-0.15, -0.1) is 0 Å². The van der Waals surface area contributed by atoms with E-state index in [9.17, 15) is 30.7 Å². The van der Waals surface area contributed by atoms with Gasteiger partial charge in [-0.2, -0.15) is 30.7 Å². The molecule has 0 bridgehead atoms. The SMILES string of the molecule is CC(=O)O.Oc1ccc(C(F)(F)C(F)(F)C(F)(F)F)cc1. The Balaban J connectivity index is 0.000000885. The van der Waals surface area contributed by atoms with E-state index in [0.717, 1.165) is 6.92 Å². The van der Waals surface area contributed by atoms with Crippen molar-refractivity contribution in [1.29, 1.82) is 0 Å². The highest BCUT2D eigenvalue weighted by Gasteiger charge is 2.73. The Morgan fingerprint density at radius 1 is 0.952 bits per heavy atom. The van der Waals surface area contributed by atoms with Crippen LogP contribution >= 0.6 is 0 Å². The van der Waals surface area contributed by atoms with Crippen LogP contribution in [0.25, 0.3) is 0 Å². The fraction of sp³-hybridized carbons (Fsp3) is 0.364. The average molecular weight is 322 g/mol. The van der Waals surface area contributed by atoms with Crippen molar-refractivity contribution in [2.45, 2.75) is 24.9 Å². The third-order valence-electron chi connectivity index (χ3n) is 1.98. The highest BCUT2D eigenvalue weighted by molar-refractivity contribution is 5.62. The number of hydrogen-bond acceptors (Lipinski definition) is 2. The lowest BCUT2D eigenvalue weighted by atomic mass is 10.0. The Bertz CT molecular complexity index is 476. The topological polar surface area (TPSA) is 57.5 Å². The number of phenolic OH excluding ortho intramolecular Hbond substituents is 1. The molecule has 0 unspecified atom stereocenters. The maximum Gasteiger partial charge on any atom is 0.460 e. The minimum absolute atomic E-state index is 0.301. The van der Waals surface area contributed by atoms with Crippen LogP contribution in [0.1, 0.15) is 12.5 Å². The van der Waals surface area contributed by atoms with Gasteiger partial charge in [-0.3, -0.25) is 4.79 Å². The van der Waals surface area contributed by atoms with Crippen molar-refractivity contribution in [2.24, 2.45) is 0 Å². The maximum absolute atomic E-state index is 13.0. The number of carboxylic acids is 1. The molecule has 0 aliphatic heterocycles. The Kier molecular flexibility index (Phi) is 5.60. The Hall–Kier alpha value is -2.00. The zero-order valence-electron chi connectivity index (χ0n) is 10.3. The fourth-order valence-corrected chi connectivity index (χ4v) is 1.03. The lowest BCUT2D eigenvalue weighted by Crippen LogP contribution is -2.49. The lowest BCUT2D eigenvalue weighted by Gasteiger charge is -2.28. The quantitative estimate of drug-likeness (QED) is 0.815. The van der Waals surface area contributed by atoms with Gasteiger partial charge in [0, 0.05) is 12.5 Å². The zero-order valence-corrected chi connectivity index (χ0v) is 10.3. The Morgan fingerprint density at radius 3 is 1.57 bits per heavy atom. The molecular weight excluding hydrogens is 313 g/mol. The number of alkyl halides is 7. The highest BCUT2D eigenvalue weighted by atomic mass is 19.4. The monoisotopic (exact) mass is 322 g/mol. The predicted octanol–water partition coefficient (Wildman–Crippen LogP) is 3.77. The average Bonchev–Trinajstić information content (AvgIpc) is 2.27. The van der Waals surface area contributed by atoms with Gasteiger partial charge in [-0.05, 0) is 24.3 Å². The molecule has 0 heterocycles. The third kappa shape index (κ3) is 4.50. The molecule has 1 rings (SSSR count). The van der Waals surface area contributed by atoms with E-state index in [1.54, 1.807) is 0 Å². The standard InChI is InChI=1S/C9H5F7O.C2H4O2/c10-7(11,8(12,13)9(14,15)16)5-1-3-6(17)4-2-5;1-2(3)4/h1-4,17H;1H3,(H,3,4). The molecule has 0 saturated carbocycles. The van der Waals surface area contributed by atoms with Gasteiger partial charge in [-0.1, -0.05) is 0 Å². The van der Waals surface area contributed by atoms with Crippen molar-refractivity contribution in [1.82, 2.24) is 0 Å². The number of aliphatic carboxylic acids is 1. The van der Waals surface area contributed by atoms with Gasteiger partial charge >= 0.3 is 18.0 Å². The third-order valence-corrected chi connectivity index (χ3v) is 1.98. The second kappa shape index (κ2) is 6.19. The zero-order chi connectivity index (χ0) is 17.1. The molecule has 0 atom stereocenters. The molecule has 0 aromatic heterocycles. The number of phenols is 1. The molecule has 1 aromatic rings. The van der Waals surface area contributed by atoms with E-state index in [1.807, 2.05) is 0 Å². The molecule has 21 heavy (non-hydrogen) atoms. The molecule has 0 spiro atoms. The Morgan fingerprint density at radius 2 is 1.29 bits per heavy atom. The van der Waals surface area contributed by atoms with Crippen molar-refractivity contribution in [2.75, 3.05) is 0 Å². The van der Waals surface area contributed by atoms with E-state index >= 15 is 0 Å². The number of halogens is 7. The minimum atomic E-state index is -6.37. The molecular formula is C11H9F7O3. The van der Waals surface area contributed by atoms with Crippen molar-refractivity contribution < 1.29 is 45.7 Å². The van der Waals surface area contributed by atoms with E-state index < -0.39 is 35.3 Å². The van der Waals surface area contributed by atoms with Gasteiger partial charge in [0.25, 0.3) is 5.97 Å². The lowest BCUT2D eigenvalue weighted by molar-refractivity contribution is -0.359. The predicted molar refractivity (Wildman–Crippen MR) is 56.3 cm³/mol. The molecule has 2 N–H and O–H groups in total. The van der Waals surface area contributed by atoms with Crippen LogP contribution in [0.2, 0.25) is 0 Å². The number of rotatable bonds is 2. The van der Waals surface area contributed by atoms with E-state index in [1.165, 1.54) is 0 Å². The van der Waals surface area contributed by atoms with Crippen LogP contribution in [-0.2, 0) is 10.7 Å². The first-order valence-corrected chi connectivity index (χ1v) is 5.05. The van der Waals surface area contributed by atoms with Crippen molar-refractivity contribution >= 4 is 5.97 Å². The first-order chi connectivity index (χ1) is 9.23. The van der Waals surface area contributed by atoms with Gasteiger partial charge in [0.05, 0.1) is 0 Å². The smallest absolute Gasteiger partial charge is 0.460 e.